The maximum absolute atomic E-state index is 5.28. The van der Waals surface area contributed by atoms with Gasteiger partial charge in [0.1, 0.15) is 6.33 Å². The highest BCUT2D eigenvalue weighted by Crippen LogP contribution is 2.51. The smallest absolute Gasteiger partial charge is 0.238 e. The van der Waals surface area contributed by atoms with E-state index in [2.05, 4.69) is 119 Å². The molecule has 0 saturated heterocycles. The van der Waals surface area contributed by atoms with Crippen molar-refractivity contribution in [3.05, 3.63) is 146 Å². The van der Waals surface area contributed by atoms with Crippen LogP contribution in [0.2, 0.25) is 0 Å². The van der Waals surface area contributed by atoms with E-state index < -0.39 is 0 Å². The highest BCUT2D eigenvalue weighted by molar-refractivity contribution is 7.29. The minimum atomic E-state index is 0.580. The lowest BCUT2D eigenvalue weighted by atomic mass is 10.0. The zero-order valence-corrected chi connectivity index (χ0v) is 28.5. The predicted octanol–water partition coefficient (Wildman–Crippen LogP) is 11.5. The van der Waals surface area contributed by atoms with E-state index in [9.17, 15) is 0 Å². The predicted molar refractivity (Wildman–Crippen MR) is 212 cm³/mol. The summed E-state index contributed by atoms with van der Waals surface area (Å²) >= 11 is 3.57. The number of hydrogen-bond acceptors (Lipinski definition) is 7. The molecular formula is C43H24N6S2. The number of thiophene rings is 2. The average molecular weight is 689 g/mol. The summed E-state index contributed by atoms with van der Waals surface area (Å²) in [6.07, 6.45) is 3.60. The molecule has 5 aromatic heterocycles. The molecule has 0 saturated carbocycles. The Kier molecular flexibility index (Phi) is 6.19. The summed E-state index contributed by atoms with van der Waals surface area (Å²) in [4.78, 5) is 24.8. The number of nitrogens with zero attached hydrogens (tertiary/aromatic N) is 6. The van der Waals surface area contributed by atoms with E-state index in [1.165, 1.54) is 41.2 Å². The van der Waals surface area contributed by atoms with Crippen molar-refractivity contribution in [2.24, 2.45) is 0 Å². The molecule has 11 aromatic rings. The first kappa shape index (κ1) is 28.5. The SMILES string of the molecule is c1ccc(-c2ccc(-c3nc(-c4ccccc4)nc(-n4c5ccccc5c5c6sc7cncnc7c6c6c7ccccc7sc6c54)n3)cc2)cc1. The molecule has 6 nitrogen and oxygen atoms in total. The zero-order valence-electron chi connectivity index (χ0n) is 26.9. The highest BCUT2D eigenvalue weighted by Gasteiger charge is 2.26. The van der Waals surface area contributed by atoms with Crippen LogP contribution in [-0.2, 0) is 0 Å². The monoisotopic (exact) mass is 688 g/mol. The third-order valence-corrected chi connectivity index (χ3v) is 11.9. The number of benzene rings is 6. The van der Waals surface area contributed by atoms with Crippen molar-refractivity contribution in [3.8, 4) is 39.9 Å². The second-order valence-electron chi connectivity index (χ2n) is 12.5. The first-order valence-electron chi connectivity index (χ1n) is 16.7. The quantitative estimate of drug-likeness (QED) is 0.184. The summed E-state index contributed by atoms with van der Waals surface area (Å²) in [6.45, 7) is 0. The summed E-state index contributed by atoms with van der Waals surface area (Å²) in [5.74, 6) is 1.82. The van der Waals surface area contributed by atoms with Crippen LogP contribution in [0.3, 0.4) is 0 Å². The number of hydrogen-bond donors (Lipinski definition) is 0. The van der Waals surface area contributed by atoms with E-state index in [0.717, 1.165) is 43.3 Å². The highest BCUT2D eigenvalue weighted by atomic mass is 32.1. The van der Waals surface area contributed by atoms with E-state index in [1.54, 1.807) is 17.7 Å². The lowest BCUT2D eigenvalue weighted by Gasteiger charge is -2.12. The van der Waals surface area contributed by atoms with Crippen molar-refractivity contribution in [1.82, 2.24) is 29.5 Å². The van der Waals surface area contributed by atoms with E-state index in [0.29, 0.717) is 17.6 Å². The van der Waals surface area contributed by atoms with Crippen molar-refractivity contribution in [2.75, 3.05) is 0 Å². The van der Waals surface area contributed by atoms with Crippen LogP contribution in [-0.4, -0.2) is 29.5 Å². The standard InChI is InChI=1S/C43H24N6S2/c1-3-11-25(12-4-1)26-19-21-28(22-20-26)42-46-41(27-13-5-2-6-14-27)47-43(48-42)49-31-17-9-7-15-29(31)35-38(49)40-34(30-16-8-10-18-32(30)50-40)36-37-33(51-39(35)36)23-44-24-45-37/h1-24H. The van der Waals surface area contributed by atoms with Gasteiger partial charge in [-0.25, -0.2) is 15.0 Å². The summed E-state index contributed by atoms with van der Waals surface area (Å²) < 4.78 is 6.94. The molecule has 5 heterocycles. The molecule has 238 valence electrons. The van der Waals surface area contributed by atoms with Crippen LogP contribution in [0.1, 0.15) is 0 Å². The molecule has 0 bridgehead atoms. The number of para-hydroxylation sites is 1. The van der Waals surface area contributed by atoms with Gasteiger partial charge in [-0.1, -0.05) is 121 Å². The van der Waals surface area contributed by atoms with Gasteiger partial charge in [0.05, 0.1) is 25.9 Å². The lowest BCUT2D eigenvalue weighted by molar-refractivity contribution is 0.955. The van der Waals surface area contributed by atoms with Crippen molar-refractivity contribution in [3.63, 3.8) is 0 Å². The molecular weight excluding hydrogens is 665 g/mol. The van der Waals surface area contributed by atoms with Gasteiger partial charge in [-0.15, -0.1) is 22.7 Å². The molecule has 11 rings (SSSR count). The van der Waals surface area contributed by atoms with Crippen LogP contribution in [0.15, 0.2) is 146 Å². The van der Waals surface area contributed by atoms with E-state index in [1.807, 2.05) is 41.8 Å². The average Bonchev–Trinajstić information content (AvgIpc) is 3.88. The largest absolute Gasteiger partial charge is 0.276 e. The normalized spacial score (nSPS) is 11.9. The topological polar surface area (TPSA) is 69.4 Å². The molecule has 0 radical (unpaired) electrons. The maximum Gasteiger partial charge on any atom is 0.238 e. The Bertz CT molecular complexity index is 3130. The number of rotatable bonds is 4. The van der Waals surface area contributed by atoms with Crippen LogP contribution in [0.4, 0.5) is 0 Å². The summed E-state index contributed by atoms with van der Waals surface area (Å²) in [5, 5.41) is 5.94. The Morgan fingerprint density at radius 1 is 0.471 bits per heavy atom. The Morgan fingerprint density at radius 3 is 1.86 bits per heavy atom. The molecule has 6 aromatic carbocycles. The minimum absolute atomic E-state index is 0.580. The molecule has 0 fully saturated rings. The second-order valence-corrected chi connectivity index (χ2v) is 14.6. The van der Waals surface area contributed by atoms with Crippen molar-refractivity contribution in [1.29, 1.82) is 0 Å². The maximum atomic E-state index is 5.28. The van der Waals surface area contributed by atoms with Gasteiger partial charge < -0.3 is 0 Å². The minimum Gasteiger partial charge on any atom is -0.276 e. The summed E-state index contributed by atoms with van der Waals surface area (Å²) in [5.41, 5.74) is 7.29. The van der Waals surface area contributed by atoms with Gasteiger partial charge in [-0.3, -0.25) is 4.57 Å². The molecule has 0 atom stereocenters. The fraction of sp³-hybridized carbons (Fsp3) is 0. The van der Waals surface area contributed by atoms with Gasteiger partial charge in [-0.05, 0) is 23.3 Å². The van der Waals surface area contributed by atoms with E-state index in [4.69, 9.17) is 19.9 Å². The fourth-order valence-corrected chi connectivity index (χ4v) is 9.81. The van der Waals surface area contributed by atoms with Gasteiger partial charge in [0, 0.05) is 53.7 Å². The first-order valence-corrected chi connectivity index (χ1v) is 18.3. The van der Waals surface area contributed by atoms with Crippen LogP contribution < -0.4 is 0 Å². The van der Waals surface area contributed by atoms with Gasteiger partial charge in [0.15, 0.2) is 11.6 Å². The molecule has 0 amide bonds. The molecule has 8 heteroatoms. The third kappa shape index (κ3) is 4.30. The third-order valence-electron chi connectivity index (χ3n) is 9.62. The Morgan fingerprint density at radius 2 is 1.08 bits per heavy atom. The molecule has 0 aliphatic carbocycles. The van der Waals surface area contributed by atoms with Crippen molar-refractivity contribution in [2.45, 2.75) is 0 Å². The number of aromatic nitrogens is 6. The lowest BCUT2D eigenvalue weighted by Crippen LogP contribution is -2.06. The molecule has 0 unspecified atom stereocenters. The van der Waals surface area contributed by atoms with Crippen molar-refractivity contribution < 1.29 is 0 Å². The molecule has 0 N–H and O–H groups in total. The zero-order chi connectivity index (χ0) is 33.5. The van der Waals surface area contributed by atoms with Gasteiger partial charge in [-0.2, -0.15) is 9.97 Å². The Balaban J connectivity index is 1.27. The summed E-state index contributed by atoms with van der Waals surface area (Å²) in [6, 6.07) is 46.3. The van der Waals surface area contributed by atoms with Crippen LogP contribution in [0, 0.1) is 0 Å². The van der Waals surface area contributed by atoms with Crippen LogP contribution in [0.25, 0.3) is 102 Å². The molecule has 0 aliphatic rings. The number of fused-ring (bicyclic) bond motifs is 12. The fourth-order valence-electron chi connectivity index (χ4n) is 7.36. The van der Waals surface area contributed by atoms with Gasteiger partial charge >= 0.3 is 0 Å². The first-order chi connectivity index (χ1) is 25.3. The van der Waals surface area contributed by atoms with Crippen LogP contribution in [0.5, 0.6) is 0 Å². The van der Waals surface area contributed by atoms with E-state index in [-0.39, 0.29) is 0 Å². The van der Waals surface area contributed by atoms with Crippen LogP contribution >= 0.6 is 22.7 Å². The molecule has 0 aliphatic heterocycles. The molecule has 51 heavy (non-hydrogen) atoms. The summed E-state index contributed by atoms with van der Waals surface area (Å²) in [7, 11) is 0. The Hall–Kier alpha value is -6.35. The van der Waals surface area contributed by atoms with Gasteiger partial charge in [0.25, 0.3) is 0 Å². The van der Waals surface area contributed by atoms with Gasteiger partial charge in [0.2, 0.25) is 5.95 Å². The molecule has 0 spiro atoms. The Labute approximate surface area is 299 Å². The van der Waals surface area contributed by atoms with E-state index >= 15 is 0 Å². The second kappa shape index (κ2) is 11.1. The van der Waals surface area contributed by atoms with Crippen molar-refractivity contribution >= 4 is 85.0 Å².